The molecule has 38 heavy (non-hydrogen) atoms. The summed E-state index contributed by atoms with van der Waals surface area (Å²) in [6.45, 7) is 2.01. The quantitative estimate of drug-likeness (QED) is 0.237. The first kappa shape index (κ1) is 27.2. The fraction of sp³-hybridized carbons (Fsp3) is 0.138. The summed E-state index contributed by atoms with van der Waals surface area (Å²) in [5.74, 6) is 0.605. The predicted octanol–water partition coefficient (Wildman–Crippen LogP) is 6.06. The van der Waals surface area contributed by atoms with Gasteiger partial charge in [-0.2, -0.15) is 4.72 Å². The van der Waals surface area contributed by atoms with Gasteiger partial charge in [0, 0.05) is 5.02 Å². The maximum absolute atomic E-state index is 13.6. The topological polar surface area (TPSA) is 93.7 Å². The molecule has 0 fully saturated rings. The third-order valence-corrected chi connectivity index (χ3v) is 7.24. The van der Waals surface area contributed by atoms with Gasteiger partial charge in [-0.1, -0.05) is 72.3 Å². The van der Waals surface area contributed by atoms with Crippen LogP contribution in [0.25, 0.3) is 0 Å². The maximum Gasteiger partial charge on any atom is 0.245 e. The molecule has 0 saturated carbocycles. The van der Waals surface area contributed by atoms with Crippen molar-refractivity contribution >= 4 is 33.2 Å². The van der Waals surface area contributed by atoms with Crippen LogP contribution in [0.5, 0.6) is 17.2 Å². The van der Waals surface area contributed by atoms with Crippen LogP contribution in [0, 0.1) is 0 Å². The molecule has 2 N–H and O–H groups in total. The standard InChI is InChI=1S/C29H27ClN2O5S/c1-2-36-27-18-17-22(30)20-28(27)38(34,35)32-25(19-21-11-5-3-6-12-21)29(33)31-24-15-9-10-16-26(24)37-23-13-7-4-8-14-23/h3-18,20,25,32H,2,19H2,1H3,(H,31,33). The van der Waals surface area contributed by atoms with Gasteiger partial charge in [-0.3, -0.25) is 4.79 Å². The van der Waals surface area contributed by atoms with E-state index in [9.17, 15) is 13.2 Å². The monoisotopic (exact) mass is 550 g/mol. The fourth-order valence-corrected chi connectivity index (χ4v) is 5.35. The number of halogens is 1. The third kappa shape index (κ3) is 7.13. The molecule has 4 rings (SSSR count). The first-order chi connectivity index (χ1) is 18.4. The van der Waals surface area contributed by atoms with Crippen LogP contribution in [-0.4, -0.2) is 27.0 Å². The normalized spacial score (nSPS) is 11.9. The molecular formula is C29H27ClN2O5S. The molecular weight excluding hydrogens is 524 g/mol. The molecule has 4 aromatic carbocycles. The molecule has 0 aliphatic rings. The first-order valence-corrected chi connectivity index (χ1v) is 13.8. The Morgan fingerprint density at radius 1 is 0.868 bits per heavy atom. The van der Waals surface area contributed by atoms with Gasteiger partial charge < -0.3 is 14.8 Å². The molecule has 0 radical (unpaired) electrons. The fourth-order valence-electron chi connectivity index (χ4n) is 3.75. The number of sulfonamides is 1. The van der Waals surface area contributed by atoms with Gasteiger partial charge in [0.1, 0.15) is 22.4 Å². The van der Waals surface area contributed by atoms with Crippen LogP contribution < -0.4 is 19.5 Å². The Morgan fingerprint density at radius 2 is 1.53 bits per heavy atom. The van der Waals surface area contributed by atoms with E-state index < -0.39 is 22.0 Å². The van der Waals surface area contributed by atoms with Crippen molar-refractivity contribution in [3.05, 3.63) is 114 Å². The van der Waals surface area contributed by atoms with Crippen molar-refractivity contribution in [2.24, 2.45) is 0 Å². The molecule has 0 aliphatic heterocycles. The van der Waals surface area contributed by atoms with Crippen molar-refractivity contribution in [3.8, 4) is 17.2 Å². The van der Waals surface area contributed by atoms with E-state index in [0.29, 0.717) is 17.2 Å². The van der Waals surface area contributed by atoms with E-state index in [1.807, 2.05) is 48.5 Å². The Labute approximate surface area is 227 Å². The van der Waals surface area contributed by atoms with Gasteiger partial charge in [0.15, 0.2) is 5.75 Å². The second-order valence-corrected chi connectivity index (χ2v) is 10.4. The molecule has 0 aliphatic carbocycles. The van der Waals surface area contributed by atoms with E-state index in [0.717, 1.165) is 5.56 Å². The minimum atomic E-state index is -4.20. The molecule has 1 amide bonds. The number of anilines is 1. The lowest BCUT2D eigenvalue weighted by molar-refractivity contribution is -0.117. The molecule has 0 spiro atoms. The summed E-state index contributed by atoms with van der Waals surface area (Å²) >= 11 is 6.10. The summed E-state index contributed by atoms with van der Waals surface area (Å²) in [5, 5.41) is 3.05. The minimum absolute atomic E-state index is 0.109. The van der Waals surface area contributed by atoms with Gasteiger partial charge in [-0.05, 0) is 61.4 Å². The van der Waals surface area contributed by atoms with Crippen LogP contribution in [0.15, 0.2) is 108 Å². The summed E-state index contributed by atoms with van der Waals surface area (Å²) in [4.78, 5) is 13.4. The number of ether oxygens (including phenoxy) is 2. The van der Waals surface area contributed by atoms with Crippen LogP contribution in [-0.2, 0) is 21.2 Å². The Morgan fingerprint density at radius 3 is 2.24 bits per heavy atom. The van der Waals surface area contributed by atoms with Crippen LogP contribution in [0.1, 0.15) is 12.5 Å². The van der Waals surface area contributed by atoms with Crippen LogP contribution in [0.2, 0.25) is 5.02 Å². The Hall–Kier alpha value is -3.85. The number of hydrogen-bond donors (Lipinski definition) is 2. The Bertz CT molecular complexity index is 1480. The third-order valence-electron chi connectivity index (χ3n) is 5.51. The highest BCUT2D eigenvalue weighted by Crippen LogP contribution is 2.30. The number of nitrogens with one attached hydrogen (secondary N) is 2. The zero-order valence-electron chi connectivity index (χ0n) is 20.6. The summed E-state index contributed by atoms with van der Waals surface area (Å²) in [7, 11) is -4.20. The second-order valence-electron chi connectivity index (χ2n) is 8.29. The maximum atomic E-state index is 13.6. The number of benzene rings is 4. The van der Waals surface area contributed by atoms with Crippen LogP contribution in [0.4, 0.5) is 5.69 Å². The summed E-state index contributed by atoms with van der Waals surface area (Å²) in [6.07, 6.45) is 0.109. The van der Waals surface area contributed by atoms with Crippen LogP contribution in [0.3, 0.4) is 0 Å². The minimum Gasteiger partial charge on any atom is -0.492 e. The molecule has 4 aromatic rings. The van der Waals surface area contributed by atoms with Crippen molar-refractivity contribution in [1.29, 1.82) is 0 Å². The van der Waals surface area contributed by atoms with Gasteiger partial charge in [0.2, 0.25) is 15.9 Å². The highest BCUT2D eigenvalue weighted by atomic mass is 35.5. The highest BCUT2D eigenvalue weighted by molar-refractivity contribution is 7.89. The van der Waals surface area contributed by atoms with Gasteiger partial charge in [0.05, 0.1) is 12.3 Å². The Kier molecular flexibility index (Phi) is 9.02. The summed E-state index contributed by atoms with van der Waals surface area (Å²) < 4.78 is 41.0. The van der Waals surface area contributed by atoms with Gasteiger partial charge in [-0.15, -0.1) is 0 Å². The van der Waals surface area contributed by atoms with Crippen molar-refractivity contribution in [3.63, 3.8) is 0 Å². The molecule has 1 atom stereocenters. The van der Waals surface area contributed by atoms with E-state index in [1.165, 1.54) is 12.1 Å². The smallest absolute Gasteiger partial charge is 0.245 e. The molecule has 1 unspecified atom stereocenters. The van der Waals surface area contributed by atoms with Crippen molar-refractivity contribution in [1.82, 2.24) is 4.72 Å². The van der Waals surface area contributed by atoms with Crippen molar-refractivity contribution < 1.29 is 22.7 Å². The molecule has 0 aromatic heterocycles. The van der Waals surface area contributed by atoms with E-state index in [4.69, 9.17) is 21.1 Å². The highest BCUT2D eigenvalue weighted by Gasteiger charge is 2.29. The Balaban J connectivity index is 1.63. The zero-order valence-corrected chi connectivity index (χ0v) is 22.2. The predicted molar refractivity (Wildman–Crippen MR) is 148 cm³/mol. The molecule has 7 nitrogen and oxygen atoms in total. The number of hydrogen-bond acceptors (Lipinski definition) is 5. The van der Waals surface area contributed by atoms with Crippen LogP contribution >= 0.6 is 11.6 Å². The van der Waals surface area contributed by atoms with E-state index in [-0.39, 0.29) is 28.7 Å². The zero-order chi connectivity index (χ0) is 27.0. The number of amides is 1. The van der Waals surface area contributed by atoms with Gasteiger partial charge in [0.25, 0.3) is 0 Å². The first-order valence-electron chi connectivity index (χ1n) is 12.0. The molecule has 196 valence electrons. The lowest BCUT2D eigenvalue weighted by Crippen LogP contribution is -2.45. The van der Waals surface area contributed by atoms with E-state index >= 15 is 0 Å². The number of carbonyl (C=O) groups excluding carboxylic acids is 1. The number of carbonyl (C=O) groups is 1. The van der Waals surface area contributed by atoms with Crippen molar-refractivity contribution in [2.45, 2.75) is 24.3 Å². The van der Waals surface area contributed by atoms with Crippen molar-refractivity contribution in [2.75, 3.05) is 11.9 Å². The summed E-state index contributed by atoms with van der Waals surface area (Å²) in [5.41, 5.74) is 1.18. The molecule has 0 bridgehead atoms. The molecule has 0 saturated heterocycles. The SMILES string of the molecule is CCOc1ccc(Cl)cc1S(=O)(=O)NC(Cc1ccccc1)C(=O)Nc1ccccc1Oc1ccccc1. The van der Waals surface area contributed by atoms with Gasteiger partial charge in [-0.25, -0.2) is 8.42 Å². The lowest BCUT2D eigenvalue weighted by atomic mass is 10.1. The average molecular weight is 551 g/mol. The molecule has 9 heteroatoms. The van der Waals surface area contributed by atoms with E-state index in [2.05, 4.69) is 10.0 Å². The lowest BCUT2D eigenvalue weighted by Gasteiger charge is -2.21. The largest absolute Gasteiger partial charge is 0.492 e. The summed E-state index contributed by atoms with van der Waals surface area (Å²) in [6, 6.07) is 28.4. The number of rotatable bonds is 11. The van der Waals surface area contributed by atoms with E-state index in [1.54, 1.807) is 49.4 Å². The second kappa shape index (κ2) is 12.6. The average Bonchev–Trinajstić information content (AvgIpc) is 2.91. The molecule has 0 heterocycles. The number of para-hydroxylation sites is 3. The van der Waals surface area contributed by atoms with Gasteiger partial charge >= 0.3 is 0 Å².